The van der Waals surface area contributed by atoms with E-state index in [0.29, 0.717) is 5.92 Å². The Labute approximate surface area is 116 Å². The van der Waals surface area contributed by atoms with Gasteiger partial charge in [0.05, 0.1) is 5.69 Å². The Balaban J connectivity index is 2.13. The summed E-state index contributed by atoms with van der Waals surface area (Å²) in [6.07, 6.45) is 2.45. The summed E-state index contributed by atoms with van der Waals surface area (Å²) in [6.45, 7) is 4.29. The van der Waals surface area contributed by atoms with Crippen LogP contribution in [0.4, 0.5) is 0 Å². The quantitative estimate of drug-likeness (QED) is 0.768. The van der Waals surface area contributed by atoms with Crippen LogP contribution < -0.4 is 0 Å². The Morgan fingerprint density at radius 3 is 2.67 bits per heavy atom. The van der Waals surface area contributed by atoms with E-state index in [9.17, 15) is 0 Å². The van der Waals surface area contributed by atoms with Crippen LogP contribution in [-0.4, -0.2) is 9.97 Å². The van der Waals surface area contributed by atoms with Crippen LogP contribution in [0.25, 0.3) is 11.3 Å². The van der Waals surface area contributed by atoms with Crippen molar-refractivity contribution in [2.24, 2.45) is 0 Å². The summed E-state index contributed by atoms with van der Waals surface area (Å²) >= 11 is 3.50. The minimum Gasteiger partial charge on any atom is -0.233 e. The highest BCUT2D eigenvalue weighted by molar-refractivity contribution is 9.10. The Bertz CT molecular complexity index is 603. The lowest BCUT2D eigenvalue weighted by Crippen LogP contribution is -1.97. The average molecular weight is 303 g/mol. The number of rotatable bonds is 2. The molecule has 1 heterocycles. The first-order valence-corrected chi connectivity index (χ1v) is 7.05. The fraction of sp³-hybridized carbons (Fsp3) is 0.333. The SMILES string of the molecule is Cc1cccc(-c2cc(Br)nc(C3CC3)n2)c1C. The van der Waals surface area contributed by atoms with Crippen molar-refractivity contribution in [2.45, 2.75) is 32.6 Å². The highest BCUT2D eigenvalue weighted by atomic mass is 79.9. The third-order valence-electron chi connectivity index (χ3n) is 3.54. The maximum Gasteiger partial charge on any atom is 0.133 e. The molecule has 1 fully saturated rings. The minimum absolute atomic E-state index is 0.575. The van der Waals surface area contributed by atoms with E-state index in [1.807, 2.05) is 6.07 Å². The van der Waals surface area contributed by atoms with Gasteiger partial charge in [0.2, 0.25) is 0 Å². The lowest BCUT2D eigenvalue weighted by Gasteiger charge is -2.09. The Kier molecular flexibility index (Phi) is 2.94. The van der Waals surface area contributed by atoms with E-state index >= 15 is 0 Å². The molecule has 2 nitrogen and oxygen atoms in total. The molecule has 0 radical (unpaired) electrons. The van der Waals surface area contributed by atoms with E-state index in [1.165, 1.54) is 29.5 Å². The standard InChI is InChI=1S/C15H15BrN2/c1-9-4-3-5-12(10(9)2)13-8-14(16)18-15(17-13)11-6-7-11/h3-5,8,11H,6-7H2,1-2H3. The molecule has 3 rings (SSSR count). The molecule has 0 atom stereocenters. The number of nitrogens with zero attached hydrogens (tertiary/aromatic N) is 2. The summed E-state index contributed by atoms with van der Waals surface area (Å²) in [5.41, 5.74) is 4.83. The van der Waals surface area contributed by atoms with Crippen LogP contribution in [0.2, 0.25) is 0 Å². The molecule has 0 spiro atoms. The van der Waals surface area contributed by atoms with Gasteiger partial charge < -0.3 is 0 Å². The lowest BCUT2D eigenvalue weighted by molar-refractivity contribution is 0.918. The largest absolute Gasteiger partial charge is 0.233 e. The third kappa shape index (κ3) is 2.19. The van der Waals surface area contributed by atoms with Crippen molar-refractivity contribution in [1.29, 1.82) is 0 Å². The summed E-state index contributed by atoms with van der Waals surface area (Å²) in [6, 6.07) is 8.36. The number of aryl methyl sites for hydroxylation is 1. The smallest absolute Gasteiger partial charge is 0.133 e. The van der Waals surface area contributed by atoms with Crippen LogP contribution in [0.1, 0.15) is 35.7 Å². The first-order chi connectivity index (χ1) is 8.65. The highest BCUT2D eigenvalue weighted by Crippen LogP contribution is 2.39. The lowest BCUT2D eigenvalue weighted by atomic mass is 10.0. The molecule has 0 bridgehead atoms. The van der Waals surface area contributed by atoms with Crippen molar-refractivity contribution in [3.8, 4) is 11.3 Å². The van der Waals surface area contributed by atoms with Crippen LogP contribution in [0.15, 0.2) is 28.9 Å². The van der Waals surface area contributed by atoms with Gasteiger partial charge in [-0.25, -0.2) is 9.97 Å². The van der Waals surface area contributed by atoms with Gasteiger partial charge in [0, 0.05) is 11.5 Å². The number of aromatic nitrogens is 2. The van der Waals surface area contributed by atoms with Gasteiger partial charge in [-0.2, -0.15) is 0 Å². The van der Waals surface area contributed by atoms with Crippen molar-refractivity contribution in [2.75, 3.05) is 0 Å². The monoisotopic (exact) mass is 302 g/mol. The van der Waals surface area contributed by atoms with Crippen LogP contribution in [0.5, 0.6) is 0 Å². The molecular formula is C15H15BrN2. The second-order valence-corrected chi connectivity index (χ2v) is 5.77. The molecule has 1 aliphatic rings. The molecule has 0 amide bonds. The Morgan fingerprint density at radius 1 is 1.17 bits per heavy atom. The van der Waals surface area contributed by atoms with Crippen molar-refractivity contribution in [1.82, 2.24) is 9.97 Å². The maximum atomic E-state index is 4.73. The molecule has 0 aliphatic heterocycles. The summed E-state index contributed by atoms with van der Waals surface area (Å²) in [5, 5.41) is 0. The minimum atomic E-state index is 0.575. The molecule has 92 valence electrons. The predicted octanol–water partition coefficient (Wildman–Crippen LogP) is 4.40. The number of benzene rings is 1. The van der Waals surface area contributed by atoms with E-state index in [4.69, 9.17) is 4.98 Å². The van der Waals surface area contributed by atoms with Gasteiger partial charge in [0.1, 0.15) is 10.4 Å². The number of hydrogen-bond donors (Lipinski definition) is 0. The van der Waals surface area contributed by atoms with Gasteiger partial charge in [-0.15, -0.1) is 0 Å². The van der Waals surface area contributed by atoms with Crippen LogP contribution in [0.3, 0.4) is 0 Å². The van der Waals surface area contributed by atoms with Gasteiger partial charge in [-0.3, -0.25) is 0 Å². The highest BCUT2D eigenvalue weighted by Gasteiger charge is 2.27. The fourth-order valence-electron chi connectivity index (χ4n) is 2.13. The molecule has 18 heavy (non-hydrogen) atoms. The van der Waals surface area contributed by atoms with Crippen molar-refractivity contribution in [3.63, 3.8) is 0 Å². The second-order valence-electron chi connectivity index (χ2n) is 4.96. The van der Waals surface area contributed by atoms with E-state index < -0.39 is 0 Å². The maximum absolute atomic E-state index is 4.73. The summed E-state index contributed by atoms with van der Waals surface area (Å²) in [5.74, 6) is 1.56. The molecule has 0 N–H and O–H groups in total. The summed E-state index contributed by atoms with van der Waals surface area (Å²) in [4.78, 5) is 9.21. The molecular weight excluding hydrogens is 288 g/mol. The van der Waals surface area contributed by atoms with Crippen LogP contribution >= 0.6 is 15.9 Å². The Morgan fingerprint density at radius 2 is 1.94 bits per heavy atom. The normalized spacial score (nSPS) is 14.8. The molecule has 3 heteroatoms. The molecule has 0 unspecified atom stereocenters. The zero-order valence-electron chi connectivity index (χ0n) is 10.6. The van der Waals surface area contributed by atoms with E-state index in [-0.39, 0.29) is 0 Å². The zero-order valence-corrected chi connectivity index (χ0v) is 12.2. The first-order valence-electron chi connectivity index (χ1n) is 6.26. The van der Waals surface area contributed by atoms with Gasteiger partial charge in [0.25, 0.3) is 0 Å². The predicted molar refractivity (Wildman–Crippen MR) is 76.6 cm³/mol. The topological polar surface area (TPSA) is 25.8 Å². The van der Waals surface area contributed by atoms with Crippen molar-refractivity contribution < 1.29 is 0 Å². The van der Waals surface area contributed by atoms with E-state index in [2.05, 4.69) is 53.0 Å². The summed E-state index contributed by atoms with van der Waals surface area (Å²) < 4.78 is 0.885. The van der Waals surface area contributed by atoms with Crippen molar-refractivity contribution in [3.05, 3.63) is 45.8 Å². The third-order valence-corrected chi connectivity index (χ3v) is 3.94. The number of halogens is 1. The summed E-state index contributed by atoms with van der Waals surface area (Å²) in [7, 11) is 0. The average Bonchev–Trinajstić information content (AvgIpc) is 3.16. The number of hydrogen-bond acceptors (Lipinski definition) is 2. The molecule has 1 aliphatic carbocycles. The molecule has 1 saturated carbocycles. The van der Waals surface area contributed by atoms with Gasteiger partial charge in [-0.05, 0) is 59.8 Å². The van der Waals surface area contributed by atoms with Crippen molar-refractivity contribution >= 4 is 15.9 Å². The van der Waals surface area contributed by atoms with E-state index in [1.54, 1.807) is 0 Å². The van der Waals surface area contributed by atoms with E-state index in [0.717, 1.165) is 16.1 Å². The zero-order chi connectivity index (χ0) is 12.7. The first kappa shape index (κ1) is 11.8. The molecule has 1 aromatic heterocycles. The molecule has 2 aromatic rings. The molecule has 0 saturated heterocycles. The Hall–Kier alpha value is -1.22. The van der Waals surface area contributed by atoms with Crippen LogP contribution in [0, 0.1) is 13.8 Å². The molecule has 1 aromatic carbocycles. The van der Waals surface area contributed by atoms with Gasteiger partial charge in [0.15, 0.2) is 0 Å². The van der Waals surface area contributed by atoms with Gasteiger partial charge in [-0.1, -0.05) is 18.2 Å². The fourth-order valence-corrected chi connectivity index (χ4v) is 2.52. The van der Waals surface area contributed by atoms with Crippen LogP contribution in [-0.2, 0) is 0 Å². The van der Waals surface area contributed by atoms with Gasteiger partial charge >= 0.3 is 0 Å². The second kappa shape index (κ2) is 4.47.